The molecule has 0 bridgehead atoms. The molecule has 0 fully saturated rings. The second kappa shape index (κ2) is 9.07. The third kappa shape index (κ3) is 5.51. The van der Waals surface area contributed by atoms with Gasteiger partial charge in [-0.1, -0.05) is 54.3 Å². The molecule has 0 saturated heterocycles. The molecule has 2 nitrogen and oxygen atoms in total. The highest BCUT2D eigenvalue weighted by atomic mass is 35.5. The summed E-state index contributed by atoms with van der Waals surface area (Å²) in [6.45, 7) is 0.726. The zero-order valence-corrected chi connectivity index (χ0v) is 12.5. The molecular weight excluding hydrogens is 284 g/mol. The van der Waals surface area contributed by atoms with Crippen LogP contribution in [-0.4, -0.2) is 12.7 Å². The second-order valence-electron chi connectivity index (χ2n) is 4.33. The van der Waals surface area contributed by atoms with E-state index in [4.69, 9.17) is 21.1 Å². The minimum Gasteiger partial charge on any atom is -0.466 e. The predicted molar refractivity (Wildman–Crippen MR) is 85.4 cm³/mol. The Bertz CT molecular complexity index is 599. The summed E-state index contributed by atoms with van der Waals surface area (Å²) >= 11 is 5.61. The van der Waals surface area contributed by atoms with E-state index in [2.05, 4.69) is 11.8 Å². The molecule has 0 unspecified atom stereocenters. The van der Waals surface area contributed by atoms with Crippen LogP contribution in [-0.2, 0) is 11.3 Å². The Morgan fingerprint density at radius 2 is 1.71 bits per heavy atom. The van der Waals surface area contributed by atoms with Crippen LogP contribution < -0.4 is 4.74 Å². The smallest absolute Gasteiger partial charge is 0.189 e. The summed E-state index contributed by atoms with van der Waals surface area (Å²) in [5.41, 5.74) is 1.97. The maximum atomic E-state index is 5.63. The van der Waals surface area contributed by atoms with Crippen molar-refractivity contribution < 1.29 is 9.47 Å². The Labute approximate surface area is 130 Å². The van der Waals surface area contributed by atoms with Gasteiger partial charge in [0.1, 0.15) is 5.75 Å². The Hall–Kier alpha value is -1.95. The van der Waals surface area contributed by atoms with E-state index in [9.17, 15) is 0 Å². The standard InChI is InChI=1S/C18H17ClO2/c19-13-7-6-11-17-10-4-5-12-18(17)21-15-20-14-16-8-2-1-3-9-16/h1-5,8-10,12H,7,13-15H2. The lowest BCUT2D eigenvalue weighted by molar-refractivity contribution is 0.00490. The van der Waals surface area contributed by atoms with Crippen molar-refractivity contribution in [2.75, 3.05) is 12.7 Å². The predicted octanol–water partition coefficient (Wildman–Crippen LogP) is 4.22. The second-order valence-corrected chi connectivity index (χ2v) is 4.71. The summed E-state index contributed by atoms with van der Waals surface area (Å²) in [7, 11) is 0. The first kappa shape index (κ1) is 15.4. The molecule has 0 radical (unpaired) electrons. The van der Waals surface area contributed by atoms with Crippen LogP contribution in [0.3, 0.4) is 0 Å². The minimum absolute atomic E-state index is 0.198. The van der Waals surface area contributed by atoms with E-state index in [0.717, 1.165) is 16.9 Å². The third-order valence-electron chi connectivity index (χ3n) is 2.74. The lowest BCUT2D eigenvalue weighted by Gasteiger charge is -2.09. The van der Waals surface area contributed by atoms with Gasteiger partial charge in [-0.25, -0.2) is 0 Å². The first-order chi connectivity index (χ1) is 10.4. The van der Waals surface area contributed by atoms with Crippen molar-refractivity contribution >= 4 is 11.6 Å². The number of hydrogen-bond donors (Lipinski definition) is 0. The van der Waals surface area contributed by atoms with E-state index in [0.29, 0.717) is 18.9 Å². The van der Waals surface area contributed by atoms with Gasteiger partial charge in [0.05, 0.1) is 12.2 Å². The number of para-hydroxylation sites is 1. The van der Waals surface area contributed by atoms with Crippen LogP contribution >= 0.6 is 11.6 Å². The molecule has 0 amide bonds. The molecule has 21 heavy (non-hydrogen) atoms. The summed E-state index contributed by atoms with van der Waals surface area (Å²) in [5, 5.41) is 0. The van der Waals surface area contributed by atoms with Crippen molar-refractivity contribution in [3.05, 3.63) is 65.7 Å². The van der Waals surface area contributed by atoms with Gasteiger partial charge in [-0.2, -0.15) is 0 Å². The number of halogens is 1. The van der Waals surface area contributed by atoms with Gasteiger partial charge >= 0.3 is 0 Å². The lowest BCUT2D eigenvalue weighted by Crippen LogP contribution is -2.04. The molecule has 0 aliphatic carbocycles. The van der Waals surface area contributed by atoms with Gasteiger partial charge in [0.25, 0.3) is 0 Å². The van der Waals surface area contributed by atoms with Gasteiger partial charge in [-0.05, 0) is 17.7 Å². The van der Waals surface area contributed by atoms with Crippen LogP contribution in [0, 0.1) is 11.8 Å². The van der Waals surface area contributed by atoms with Gasteiger partial charge in [0.15, 0.2) is 6.79 Å². The number of alkyl halides is 1. The summed E-state index contributed by atoms with van der Waals surface area (Å²) in [4.78, 5) is 0. The van der Waals surface area contributed by atoms with Crippen molar-refractivity contribution in [1.82, 2.24) is 0 Å². The van der Waals surface area contributed by atoms with Crippen LogP contribution in [0.15, 0.2) is 54.6 Å². The molecule has 0 spiro atoms. The molecule has 2 rings (SSSR count). The summed E-state index contributed by atoms with van der Waals surface area (Å²) in [5.74, 6) is 7.33. The maximum Gasteiger partial charge on any atom is 0.189 e. The molecule has 2 aromatic rings. The Morgan fingerprint density at radius 3 is 2.52 bits per heavy atom. The topological polar surface area (TPSA) is 18.5 Å². The number of rotatable bonds is 6. The van der Waals surface area contributed by atoms with E-state index >= 15 is 0 Å². The minimum atomic E-state index is 0.198. The highest BCUT2D eigenvalue weighted by Gasteiger charge is 2.00. The SMILES string of the molecule is ClCCC#Cc1ccccc1OCOCc1ccccc1. The molecule has 0 N–H and O–H groups in total. The van der Waals surface area contributed by atoms with Crippen molar-refractivity contribution in [2.45, 2.75) is 13.0 Å². The van der Waals surface area contributed by atoms with Crippen molar-refractivity contribution in [3.63, 3.8) is 0 Å². The van der Waals surface area contributed by atoms with E-state index in [1.807, 2.05) is 54.6 Å². The normalized spacial score (nSPS) is 9.76. The highest BCUT2D eigenvalue weighted by Crippen LogP contribution is 2.16. The highest BCUT2D eigenvalue weighted by molar-refractivity contribution is 6.18. The Kier molecular flexibility index (Phi) is 6.67. The zero-order valence-electron chi connectivity index (χ0n) is 11.7. The van der Waals surface area contributed by atoms with Gasteiger partial charge in [0, 0.05) is 12.3 Å². The molecule has 0 saturated carbocycles. The molecule has 0 heterocycles. The first-order valence-corrected chi connectivity index (χ1v) is 7.32. The lowest BCUT2D eigenvalue weighted by atomic mass is 10.2. The van der Waals surface area contributed by atoms with Crippen molar-refractivity contribution in [2.24, 2.45) is 0 Å². The largest absolute Gasteiger partial charge is 0.466 e. The van der Waals surface area contributed by atoms with E-state index in [1.54, 1.807) is 0 Å². The van der Waals surface area contributed by atoms with Gasteiger partial charge < -0.3 is 9.47 Å². The van der Waals surface area contributed by atoms with Crippen LogP contribution in [0.4, 0.5) is 0 Å². The number of ether oxygens (including phenoxy) is 2. The van der Waals surface area contributed by atoms with Crippen LogP contribution in [0.2, 0.25) is 0 Å². The Morgan fingerprint density at radius 1 is 0.952 bits per heavy atom. The van der Waals surface area contributed by atoms with Crippen LogP contribution in [0.25, 0.3) is 0 Å². The van der Waals surface area contributed by atoms with Gasteiger partial charge in [0.2, 0.25) is 0 Å². The summed E-state index contributed by atoms with van der Waals surface area (Å²) in [6.07, 6.45) is 0.667. The summed E-state index contributed by atoms with van der Waals surface area (Å²) < 4.78 is 11.1. The van der Waals surface area contributed by atoms with Gasteiger partial charge in [-0.3, -0.25) is 0 Å². The van der Waals surface area contributed by atoms with Crippen molar-refractivity contribution in [1.29, 1.82) is 0 Å². The average molecular weight is 301 g/mol. The van der Waals surface area contributed by atoms with Crippen LogP contribution in [0.1, 0.15) is 17.5 Å². The van der Waals surface area contributed by atoms with E-state index in [1.165, 1.54) is 0 Å². The molecule has 0 aliphatic heterocycles. The van der Waals surface area contributed by atoms with E-state index in [-0.39, 0.29) is 6.79 Å². The number of benzene rings is 2. The fourth-order valence-electron chi connectivity index (χ4n) is 1.74. The van der Waals surface area contributed by atoms with E-state index < -0.39 is 0 Å². The maximum absolute atomic E-state index is 5.63. The molecule has 2 aromatic carbocycles. The molecule has 0 atom stereocenters. The molecule has 108 valence electrons. The quantitative estimate of drug-likeness (QED) is 0.344. The first-order valence-electron chi connectivity index (χ1n) is 6.78. The molecule has 3 heteroatoms. The zero-order chi connectivity index (χ0) is 14.8. The Balaban J connectivity index is 1.84. The van der Waals surface area contributed by atoms with Crippen molar-refractivity contribution in [3.8, 4) is 17.6 Å². The number of hydrogen-bond acceptors (Lipinski definition) is 2. The molecule has 0 aromatic heterocycles. The fourth-order valence-corrected chi connectivity index (χ4v) is 1.83. The average Bonchev–Trinajstić information content (AvgIpc) is 2.54. The monoisotopic (exact) mass is 300 g/mol. The fraction of sp³-hybridized carbons (Fsp3) is 0.222. The molecule has 0 aliphatic rings. The van der Waals surface area contributed by atoms with Gasteiger partial charge in [-0.15, -0.1) is 11.6 Å². The van der Waals surface area contributed by atoms with Crippen LogP contribution in [0.5, 0.6) is 5.75 Å². The third-order valence-corrected chi connectivity index (χ3v) is 2.93. The molecular formula is C18H17ClO2. The summed E-state index contributed by atoms with van der Waals surface area (Å²) in [6, 6.07) is 17.7.